The minimum Gasteiger partial charge on any atom is -0.393 e. The van der Waals surface area contributed by atoms with E-state index in [1.54, 1.807) is 18.2 Å². The van der Waals surface area contributed by atoms with Gasteiger partial charge in [-0.25, -0.2) is 0 Å². The van der Waals surface area contributed by atoms with Gasteiger partial charge in [-0.15, -0.1) is 0 Å². The van der Waals surface area contributed by atoms with Crippen molar-refractivity contribution >= 4 is 50.5 Å². The molecule has 2 aromatic carbocycles. The van der Waals surface area contributed by atoms with E-state index in [-0.39, 0.29) is 16.9 Å². The fraction of sp³-hybridized carbons (Fsp3) is 0. The smallest absolute Gasteiger partial charge is 0.292 e. The number of halogens is 2. The van der Waals surface area contributed by atoms with Crippen LogP contribution in [0.5, 0.6) is 0 Å². The second-order valence-electron chi connectivity index (χ2n) is 4.07. The highest BCUT2D eigenvalue weighted by molar-refractivity contribution is 9.10. The molecule has 2 rings (SSSR count). The van der Waals surface area contributed by atoms with E-state index in [0.717, 1.165) is 0 Å². The molecular weight excluding hydrogens is 362 g/mol. The van der Waals surface area contributed by atoms with Gasteiger partial charge in [0, 0.05) is 15.6 Å². The molecule has 0 saturated carbocycles. The molecule has 0 fully saturated rings. The normalized spacial score (nSPS) is 10.2. The van der Waals surface area contributed by atoms with E-state index in [4.69, 9.17) is 17.3 Å². The fourth-order valence-corrected chi connectivity index (χ4v) is 2.47. The Morgan fingerprint density at radius 1 is 1.33 bits per heavy atom. The first-order valence-electron chi connectivity index (χ1n) is 5.69. The number of rotatable bonds is 3. The van der Waals surface area contributed by atoms with Gasteiger partial charge < -0.3 is 11.1 Å². The van der Waals surface area contributed by atoms with Gasteiger partial charge in [0.25, 0.3) is 11.6 Å². The van der Waals surface area contributed by atoms with Crippen LogP contribution in [0.4, 0.5) is 17.1 Å². The van der Waals surface area contributed by atoms with Crippen molar-refractivity contribution in [2.45, 2.75) is 0 Å². The van der Waals surface area contributed by atoms with Crippen LogP contribution in [0.25, 0.3) is 0 Å². The van der Waals surface area contributed by atoms with Crippen molar-refractivity contribution in [1.29, 1.82) is 0 Å². The number of hydrogen-bond donors (Lipinski definition) is 2. The zero-order valence-electron chi connectivity index (χ0n) is 10.5. The van der Waals surface area contributed by atoms with Gasteiger partial charge in [-0.3, -0.25) is 14.9 Å². The zero-order valence-corrected chi connectivity index (χ0v) is 12.8. The molecule has 0 bridgehead atoms. The summed E-state index contributed by atoms with van der Waals surface area (Å²) in [5, 5.41) is 13.9. The lowest BCUT2D eigenvalue weighted by atomic mass is 10.1. The van der Waals surface area contributed by atoms with Crippen LogP contribution >= 0.6 is 27.5 Å². The van der Waals surface area contributed by atoms with Crippen molar-refractivity contribution in [1.82, 2.24) is 0 Å². The van der Waals surface area contributed by atoms with Gasteiger partial charge >= 0.3 is 0 Å². The fourth-order valence-electron chi connectivity index (χ4n) is 1.69. The summed E-state index contributed by atoms with van der Waals surface area (Å²) in [7, 11) is 0. The maximum absolute atomic E-state index is 12.2. The van der Waals surface area contributed by atoms with Crippen LogP contribution < -0.4 is 11.1 Å². The van der Waals surface area contributed by atoms with E-state index in [9.17, 15) is 14.9 Å². The maximum Gasteiger partial charge on any atom is 0.292 e. The summed E-state index contributed by atoms with van der Waals surface area (Å²) < 4.78 is 0.590. The van der Waals surface area contributed by atoms with E-state index in [2.05, 4.69) is 21.2 Å². The van der Waals surface area contributed by atoms with Gasteiger partial charge in [0.05, 0.1) is 16.2 Å². The topological polar surface area (TPSA) is 98.3 Å². The van der Waals surface area contributed by atoms with Crippen molar-refractivity contribution in [3.8, 4) is 0 Å². The summed E-state index contributed by atoms with van der Waals surface area (Å²) >= 11 is 9.08. The van der Waals surface area contributed by atoms with Crippen LogP contribution in [0.1, 0.15) is 10.4 Å². The number of nitrogen functional groups attached to an aromatic ring is 1. The first-order valence-corrected chi connectivity index (χ1v) is 6.86. The van der Waals surface area contributed by atoms with Crippen LogP contribution in [0.2, 0.25) is 5.02 Å². The number of amides is 1. The SMILES string of the molecule is Nc1c(C(=O)Nc2ccc(Cl)cc2Br)cccc1[N+](=O)[O-]. The second-order valence-corrected chi connectivity index (χ2v) is 5.36. The van der Waals surface area contributed by atoms with Crippen molar-refractivity contribution < 1.29 is 9.72 Å². The summed E-state index contributed by atoms with van der Waals surface area (Å²) in [5.41, 5.74) is 5.70. The summed E-state index contributed by atoms with van der Waals surface area (Å²) in [6, 6.07) is 8.90. The highest BCUT2D eigenvalue weighted by Crippen LogP contribution is 2.29. The Labute approximate surface area is 133 Å². The molecule has 8 heteroatoms. The number of carbonyl (C=O) groups excluding carboxylic acids is 1. The molecule has 2 aromatic rings. The predicted molar refractivity (Wildman–Crippen MR) is 84.6 cm³/mol. The summed E-state index contributed by atoms with van der Waals surface area (Å²) in [6.45, 7) is 0. The van der Waals surface area contributed by atoms with E-state index >= 15 is 0 Å². The van der Waals surface area contributed by atoms with Gasteiger partial charge in [0.2, 0.25) is 0 Å². The number of nitro benzene ring substituents is 1. The third-order valence-corrected chi connectivity index (χ3v) is 3.59. The lowest BCUT2D eigenvalue weighted by Crippen LogP contribution is -2.15. The predicted octanol–water partition coefficient (Wildman–Crippen LogP) is 3.85. The van der Waals surface area contributed by atoms with Crippen molar-refractivity contribution in [3.05, 3.63) is 61.6 Å². The molecule has 0 radical (unpaired) electrons. The molecule has 0 heterocycles. The number of nitrogens with one attached hydrogen (secondary N) is 1. The molecule has 0 spiro atoms. The standard InChI is InChI=1S/C13H9BrClN3O3/c14-9-6-7(15)4-5-10(9)17-13(19)8-2-1-3-11(12(8)16)18(20)21/h1-6H,16H2,(H,17,19). The highest BCUT2D eigenvalue weighted by Gasteiger charge is 2.19. The molecule has 0 aromatic heterocycles. The maximum atomic E-state index is 12.2. The summed E-state index contributed by atoms with van der Waals surface area (Å²) in [5.74, 6) is -0.542. The Bertz CT molecular complexity index is 737. The molecule has 3 N–H and O–H groups in total. The van der Waals surface area contributed by atoms with Crippen LogP contribution in [0.15, 0.2) is 40.9 Å². The molecule has 0 aliphatic rings. The lowest BCUT2D eigenvalue weighted by Gasteiger charge is -2.09. The highest BCUT2D eigenvalue weighted by atomic mass is 79.9. The van der Waals surface area contributed by atoms with Crippen molar-refractivity contribution in [2.75, 3.05) is 11.1 Å². The molecule has 0 saturated heterocycles. The quantitative estimate of drug-likeness (QED) is 0.487. The van der Waals surface area contributed by atoms with Crippen LogP contribution in [-0.4, -0.2) is 10.8 Å². The first kappa shape index (κ1) is 15.3. The number of benzene rings is 2. The number of anilines is 2. The molecular formula is C13H9BrClN3O3. The van der Waals surface area contributed by atoms with Gasteiger partial charge in [-0.2, -0.15) is 0 Å². The van der Waals surface area contributed by atoms with E-state index in [0.29, 0.717) is 15.2 Å². The van der Waals surface area contributed by atoms with Gasteiger partial charge in [-0.1, -0.05) is 17.7 Å². The largest absolute Gasteiger partial charge is 0.393 e. The Balaban J connectivity index is 2.33. The second kappa shape index (κ2) is 6.11. The van der Waals surface area contributed by atoms with Gasteiger partial charge in [-0.05, 0) is 40.2 Å². The number of carbonyl (C=O) groups is 1. The molecule has 0 aliphatic carbocycles. The third-order valence-electron chi connectivity index (χ3n) is 2.70. The summed E-state index contributed by atoms with van der Waals surface area (Å²) in [4.78, 5) is 22.4. The van der Waals surface area contributed by atoms with Crippen LogP contribution in [0, 0.1) is 10.1 Å². The summed E-state index contributed by atoms with van der Waals surface area (Å²) in [6.07, 6.45) is 0. The Hall–Kier alpha value is -2.12. The van der Waals surface area contributed by atoms with E-state index in [1.807, 2.05) is 0 Å². The molecule has 0 unspecified atom stereocenters. The Kier molecular flexibility index (Phi) is 4.44. The monoisotopic (exact) mass is 369 g/mol. The number of nitrogens with zero attached hydrogens (tertiary/aromatic N) is 1. The average molecular weight is 371 g/mol. The Morgan fingerprint density at radius 3 is 2.67 bits per heavy atom. The van der Waals surface area contributed by atoms with E-state index in [1.165, 1.54) is 18.2 Å². The lowest BCUT2D eigenvalue weighted by molar-refractivity contribution is -0.383. The molecule has 108 valence electrons. The first-order chi connectivity index (χ1) is 9.90. The number of hydrogen-bond acceptors (Lipinski definition) is 4. The third kappa shape index (κ3) is 3.32. The van der Waals surface area contributed by atoms with Crippen LogP contribution in [0.3, 0.4) is 0 Å². The molecule has 0 atom stereocenters. The molecule has 21 heavy (non-hydrogen) atoms. The van der Waals surface area contributed by atoms with E-state index < -0.39 is 10.8 Å². The van der Waals surface area contributed by atoms with Crippen LogP contribution in [-0.2, 0) is 0 Å². The van der Waals surface area contributed by atoms with Crippen molar-refractivity contribution in [3.63, 3.8) is 0 Å². The number of para-hydroxylation sites is 1. The minimum atomic E-state index is -0.635. The van der Waals surface area contributed by atoms with Crippen molar-refractivity contribution in [2.24, 2.45) is 0 Å². The molecule has 0 aliphatic heterocycles. The number of nitro groups is 1. The molecule has 1 amide bonds. The number of nitrogens with two attached hydrogens (primary N) is 1. The zero-order chi connectivity index (χ0) is 15.6. The minimum absolute atomic E-state index is 0.0334. The van der Waals surface area contributed by atoms with Gasteiger partial charge in [0.1, 0.15) is 5.69 Å². The Morgan fingerprint density at radius 2 is 2.05 bits per heavy atom. The average Bonchev–Trinajstić information content (AvgIpc) is 2.41. The molecule has 6 nitrogen and oxygen atoms in total. The van der Waals surface area contributed by atoms with Gasteiger partial charge in [0.15, 0.2) is 0 Å².